The van der Waals surface area contributed by atoms with Crippen LogP contribution in [0.5, 0.6) is 0 Å². The molecule has 1 aliphatic heterocycles. The Balaban J connectivity index is 1.51. The second-order valence-corrected chi connectivity index (χ2v) is 9.41. The molecule has 1 saturated heterocycles. The van der Waals surface area contributed by atoms with Gasteiger partial charge in [0.05, 0.1) is 31.2 Å². The van der Waals surface area contributed by atoms with Gasteiger partial charge in [-0.25, -0.2) is 4.79 Å². The van der Waals surface area contributed by atoms with Crippen LogP contribution >= 0.6 is 0 Å². The van der Waals surface area contributed by atoms with Gasteiger partial charge in [-0.1, -0.05) is 12.1 Å². The van der Waals surface area contributed by atoms with Gasteiger partial charge in [-0.2, -0.15) is 23.5 Å². The number of ether oxygens (including phenoxy) is 1. The van der Waals surface area contributed by atoms with Crippen molar-refractivity contribution in [3.8, 4) is 6.07 Å². The van der Waals surface area contributed by atoms with Crippen LogP contribution in [-0.2, 0) is 10.3 Å². The molecule has 0 radical (unpaired) electrons. The zero-order valence-corrected chi connectivity index (χ0v) is 20.0. The van der Waals surface area contributed by atoms with E-state index in [2.05, 4.69) is 26.2 Å². The van der Waals surface area contributed by atoms with Crippen molar-refractivity contribution in [2.24, 2.45) is 5.92 Å². The van der Waals surface area contributed by atoms with Crippen molar-refractivity contribution < 1.29 is 22.7 Å². The number of hydrogen-bond donors (Lipinski definition) is 2. The number of nitriles is 1. The average molecular weight is 515 g/mol. The molecule has 2 atom stereocenters. The van der Waals surface area contributed by atoms with Gasteiger partial charge in [-0.3, -0.25) is 14.4 Å². The van der Waals surface area contributed by atoms with E-state index in [1.165, 1.54) is 30.5 Å². The Bertz CT molecular complexity index is 1420. The number of methoxy groups -OCH3 is 1. The lowest BCUT2D eigenvalue weighted by Crippen LogP contribution is -2.54. The Hall–Kier alpha value is -4.01. The first kappa shape index (κ1) is 24.7. The van der Waals surface area contributed by atoms with Crippen molar-refractivity contribution in [1.82, 2.24) is 19.7 Å². The largest absolute Gasteiger partial charge is 0.453 e. The summed E-state index contributed by atoms with van der Waals surface area (Å²) >= 11 is 0. The average Bonchev–Trinajstić information content (AvgIpc) is 3.49. The molecule has 1 amide bonds. The number of alkyl halides is 3. The monoisotopic (exact) mass is 514 g/mol. The number of fused-ring (bicyclic) bond motifs is 1. The maximum absolute atomic E-state index is 14.4. The van der Waals surface area contributed by atoms with Crippen molar-refractivity contribution in [1.29, 1.82) is 5.26 Å². The highest BCUT2D eigenvalue weighted by Gasteiger charge is 2.63. The number of nitrogens with one attached hydrogen (secondary N) is 2. The quantitative estimate of drug-likeness (QED) is 0.481. The number of likely N-dealkylation sites (tertiary alicyclic amines) is 1. The number of aromatic nitrogens is 3. The van der Waals surface area contributed by atoms with Crippen molar-refractivity contribution in [2.75, 3.05) is 19.0 Å². The Labute approximate surface area is 209 Å². The smallest absolute Gasteiger partial charge is 0.416 e. The molecule has 9 nitrogen and oxygen atoms in total. The molecule has 1 aromatic carbocycles. The van der Waals surface area contributed by atoms with Crippen molar-refractivity contribution in [3.05, 3.63) is 52.4 Å². The maximum Gasteiger partial charge on any atom is 0.416 e. The molecule has 0 unspecified atom stereocenters. The fourth-order valence-electron chi connectivity index (χ4n) is 5.37. The van der Waals surface area contributed by atoms with E-state index in [-0.39, 0.29) is 48.8 Å². The molecule has 2 N–H and O–H groups in total. The molecule has 2 aliphatic rings. The molecule has 5 rings (SSSR count). The lowest BCUT2D eigenvalue weighted by atomic mass is 9.86. The van der Waals surface area contributed by atoms with E-state index in [1.54, 1.807) is 10.7 Å². The summed E-state index contributed by atoms with van der Waals surface area (Å²) in [6, 6.07) is 9.31. The minimum atomic E-state index is -4.71. The number of aromatic amines is 1. The molecular formula is C25H25F3N6O3. The SMILES string of the molecule is COC(=O)N1CCC[C@@]1(c1ccc(Nc2nn([C@@H](CC#N)C3CC3)c3cc[nH]c(=O)c23)cc1)C(F)(F)F. The second kappa shape index (κ2) is 9.14. The number of benzene rings is 1. The predicted octanol–water partition coefficient (Wildman–Crippen LogP) is 4.95. The van der Waals surface area contributed by atoms with Gasteiger partial charge in [-0.15, -0.1) is 0 Å². The lowest BCUT2D eigenvalue weighted by molar-refractivity contribution is -0.222. The molecular weight excluding hydrogens is 489 g/mol. The summed E-state index contributed by atoms with van der Waals surface area (Å²) in [6.07, 6.45) is -2.11. The third kappa shape index (κ3) is 4.08. The van der Waals surface area contributed by atoms with Crippen LogP contribution in [0.4, 0.5) is 29.5 Å². The van der Waals surface area contributed by atoms with Crippen LogP contribution in [-0.4, -0.2) is 45.6 Å². The molecule has 3 aromatic rings. The molecule has 12 heteroatoms. The molecule has 0 spiro atoms. The third-order valence-corrected chi connectivity index (χ3v) is 7.28. The van der Waals surface area contributed by atoms with Crippen molar-refractivity contribution in [2.45, 2.75) is 49.9 Å². The van der Waals surface area contributed by atoms with Gasteiger partial charge in [0.25, 0.3) is 5.56 Å². The topological polar surface area (TPSA) is 116 Å². The van der Waals surface area contributed by atoms with Gasteiger partial charge in [0.2, 0.25) is 0 Å². The van der Waals surface area contributed by atoms with Gasteiger partial charge < -0.3 is 15.0 Å². The molecule has 1 aliphatic carbocycles. The van der Waals surface area contributed by atoms with Gasteiger partial charge in [0, 0.05) is 18.4 Å². The zero-order chi connectivity index (χ0) is 26.4. The number of nitrogens with zero attached hydrogens (tertiary/aromatic N) is 4. The molecule has 1 saturated carbocycles. The Morgan fingerprint density at radius 2 is 2.05 bits per heavy atom. The van der Waals surface area contributed by atoms with Gasteiger partial charge in [0.1, 0.15) is 5.39 Å². The highest BCUT2D eigenvalue weighted by Crippen LogP contribution is 2.51. The number of amides is 1. The summed E-state index contributed by atoms with van der Waals surface area (Å²) in [4.78, 5) is 28.3. The van der Waals surface area contributed by atoms with Crippen molar-refractivity contribution >= 4 is 28.5 Å². The number of H-pyrrole nitrogens is 1. The van der Waals surface area contributed by atoms with Crippen molar-refractivity contribution in [3.63, 3.8) is 0 Å². The maximum atomic E-state index is 14.4. The van der Waals surface area contributed by atoms with E-state index in [4.69, 9.17) is 0 Å². The van der Waals surface area contributed by atoms with Crippen LogP contribution in [0, 0.1) is 17.2 Å². The fraction of sp³-hybridized carbons (Fsp3) is 0.440. The number of rotatable bonds is 6. The van der Waals surface area contributed by atoms with E-state index in [1.807, 2.05) is 0 Å². The van der Waals surface area contributed by atoms with Gasteiger partial charge in [-0.05, 0) is 55.4 Å². The first-order valence-electron chi connectivity index (χ1n) is 12.0. The number of carbonyl (C=O) groups is 1. The third-order valence-electron chi connectivity index (χ3n) is 7.28. The predicted molar refractivity (Wildman–Crippen MR) is 128 cm³/mol. The normalized spacial score (nSPS) is 20.6. The minimum absolute atomic E-state index is 0.0662. The van der Waals surface area contributed by atoms with Crippen LogP contribution < -0.4 is 10.9 Å². The van der Waals surface area contributed by atoms with Crippen LogP contribution in [0.2, 0.25) is 0 Å². The summed E-state index contributed by atoms with van der Waals surface area (Å²) in [5.74, 6) is 0.549. The summed E-state index contributed by atoms with van der Waals surface area (Å²) in [6.45, 7) is -0.0662. The number of carbonyl (C=O) groups excluding carboxylic acids is 1. The summed E-state index contributed by atoms with van der Waals surface area (Å²) in [5, 5.41) is 17.3. The minimum Gasteiger partial charge on any atom is -0.453 e. The molecule has 37 heavy (non-hydrogen) atoms. The van der Waals surface area contributed by atoms with Gasteiger partial charge >= 0.3 is 12.3 Å². The number of halogens is 3. The van der Waals surface area contributed by atoms with E-state index in [0.717, 1.165) is 24.9 Å². The van der Waals surface area contributed by atoms with Crippen LogP contribution in [0.25, 0.3) is 10.9 Å². The van der Waals surface area contributed by atoms with E-state index in [9.17, 15) is 28.0 Å². The molecule has 0 bridgehead atoms. The van der Waals surface area contributed by atoms with E-state index in [0.29, 0.717) is 22.5 Å². The lowest BCUT2D eigenvalue weighted by Gasteiger charge is -2.39. The number of anilines is 2. The van der Waals surface area contributed by atoms with Crippen LogP contribution in [0.1, 0.15) is 43.7 Å². The number of pyridine rings is 1. The first-order valence-corrected chi connectivity index (χ1v) is 12.0. The molecule has 2 aromatic heterocycles. The zero-order valence-electron chi connectivity index (χ0n) is 20.0. The fourth-order valence-corrected chi connectivity index (χ4v) is 5.37. The molecule has 194 valence electrons. The summed E-state index contributed by atoms with van der Waals surface area (Å²) in [5.41, 5.74) is -1.94. The first-order chi connectivity index (χ1) is 17.7. The number of hydrogen-bond acceptors (Lipinski definition) is 6. The molecule has 2 fully saturated rings. The second-order valence-electron chi connectivity index (χ2n) is 9.41. The van der Waals surface area contributed by atoms with Crippen LogP contribution in [0.15, 0.2) is 41.3 Å². The van der Waals surface area contributed by atoms with Gasteiger partial charge in [0.15, 0.2) is 11.4 Å². The Kier molecular flexibility index (Phi) is 6.09. The van der Waals surface area contributed by atoms with E-state index >= 15 is 0 Å². The Morgan fingerprint density at radius 1 is 1.32 bits per heavy atom. The Morgan fingerprint density at radius 3 is 2.68 bits per heavy atom. The van der Waals surface area contributed by atoms with Crippen LogP contribution in [0.3, 0.4) is 0 Å². The summed E-state index contributed by atoms with van der Waals surface area (Å²) < 4.78 is 49.5. The standard InChI is InChI=1S/C25H25F3N6O3/c1-37-23(36)33-14-2-11-24(33,25(26,27)28)16-5-7-17(8-6-16)31-21-20-19(10-13-30-22(20)35)34(32-21)18(9-12-29)15-3-4-15/h5-8,10,13,15,18H,2-4,9,11,14H2,1H3,(H,30,35)(H,31,32)/t18-,24+/m0/s1. The summed E-state index contributed by atoms with van der Waals surface area (Å²) in [7, 11) is 1.06. The van der Waals surface area contributed by atoms with E-state index < -0.39 is 17.8 Å². The highest BCUT2D eigenvalue weighted by molar-refractivity contribution is 5.91. The highest BCUT2D eigenvalue weighted by atomic mass is 19.4. The molecule has 3 heterocycles.